The first-order valence-electron chi connectivity index (χ1n) is 8.17. The molecule has 0 fully saturated rings. The molecule has 1 unspecified atom stereocenters. The summed E-state index contributed by atoms with van der Waals surface area (Å²) in [5.74, 6) is 2.08. The van der Waals surface area contributed by atoms with Gasteiger partial charge in [-0.3, -0.25) is 9.69 Å². The molecule has 0 spiro atoms. The molecule has 0 aliphatic carbocycles. The average molecular weight is 346 g/mol. The van der Waals surface area contributed by atoms with E-state index in [1.165, 1.54) is 0 Å². The maximum atomic E-state index is 12.2. The van der Waals surface area contributed by atoms with Crippen LogP contribution in [0.15, 0.2) is 34.9 Å². The minimum absolute atomic E-state index is 0.0514. The highest BCUT2D eigenvalue weighted by Crippen LogP contribution is 2.30. The number of nitrogens with zero attached hydrogens (tertiary/aromatic N) is 1. The van der Waals surface area contributed by atoms with E-state index in [0.29, 0.717) is 24.6 Å². The molecule has 0 radical (unpaired) electrons. The number of carbonyl (C=O) groups excluding carboxylic acids is 1. The van der Waals surface area contributed by atoms with Crippen LogP contribution in [-0.4, -0.2) is 38.6 Å². The van der Waals surface area contributed by atoms with E-state index >= 15 is 0 Å². The molecule has 1 aromatic carbocycles. The molecule has 6 nitrogen and oxygen atoms in total. The molecule has 1 aromatic heterocycles. The Balaban J connectivity index is 1.95. The van der Waals surface area contributed by atoms with Crippen LogP contribution in [0.5, 0.6) is 11.5 Å². The normalized spacial score (nSPS) is 12.1. The Morgan fingerprint density at radius 2 is 1.96 bits per heavy atom. The fourth-order valence-electron chi connectivity index (χ4n) is 2.68. The number of aryl methyl sites for hydroxylation is 1. The predicted octanol–water partition coefficient (Wildman–Crippen LogP) is 2.91. The lowest BCUT2D eigenvalue weighted by atomic mass is 10.1. The van der Waals surface area contributed by atoms with Crippen molar-refractivity contribution < 1.29 is 18.7 Å². The highest BCUT2D eigenvalue weighted by molar-refractivity contribution is 5.78. The van der Waals surface area contributed by atoms with Crippen molar-refractivity contribution in [2.24, 2.45) is 0 Å². The second kappa shape index (κ2) is 8.58. The number of likely N-dealkylation sites (N-methyl/N-ethyl adjacent to an activating group) is 1. The van der Waals surface area contributed by atoms with Gasteiger partial charge in [0.2, 0.25) is 5.91 Å². The van der Waals surface area contributed by atoms with Gasteiger partial charge >= 0.3 is 0 Å². The van der Waals surface area contributed by atoms with E-state index in [1.807, 2.05) is 50.1 Å². The summed E-state index contributed by atoms with van der Waals surface area (Å²) in [5.41, 5.74) is 2.18. The van der Waals surface area contributed by atoms with Crippen molar-refractivity contribution in [1.29, 1.82) is 0 Å². The van der Waals surface area contributed by atoms with Crippen LogP contribution in [0.2, 0.25) is 0 Å². The van der Waals surface area contributed by atoms with Crippen LogP contribution in [0.4, 0.5) is 0 Å². The van der Waals surface area contributed by atoms with Gasteiger partial charge in [0.05, 0.1) is 33.1 Å². The maximum Gasteiger partial charge on any atom is 0.234 e. The quantitative estimate of drug-likeness (QED) is 0.796. The number of ether oxygens (including phenoxy) is 2. The van der Waals surface area contributed by atoms with Gasteiger partial charge in [-0.1, -0.05) is 0 Å². The molecule has 1 amide bonds. The third kappa shape index (κ3) is 5.00. The summed E-state index contributed by atoms with van der Waals surface area (Å²) in [7, 11) is 5.14. The molecule has 1 N–H and O–H groups in total. The van der Waals surface area contributed by atoms with Crippen LogP contribution in [0.25, 0.3) is 0 Å². The van der Waals surface area contributed by atoms with E-state index in [0.717, 1.165) is 16.9 Å². The van der Waals surface area contributed by atoms with E-state index in [9.17, 15) is 4.79 Å². The van der Waals surface area contributed by atoms with E-state index < -0.39 is 0 Å². The highest BCUT2D eigenvalue weighted by Gasteiger charge is 2.15. The van der Waals surface area contributed by atoms with Gasteiger partial charge in [0.15, 0.2) is 11.5 Å². The number of carbonyl (C=O) groups is 1. The van der Waals surface area contributed by atoms with Crippen LogP contribution >= 0.6 is 0 Å². The first-order chi connectivity index (χ1) is 11.9. The molecule has 25 heavy (non-hydrogen) atoms. The third-order valence-corrected chi connectivity index (χ3v) is 4.04. The van der Waals surface area contributed by atoms with Gasteiger partial charge in [0.25, 0.3) is 0 Å². The van der Waals surface area contributed by atoms with Crippen molar-refractivity contribution in [3.63, 3.8) is 0 Å². The Bertz CT molecular complexity index is 698. The largest absolute Gasteiger partial charge is 0.493 e. The standard InChI is InChI=1S/C19H26N2O4/c1-13-9-17(23-4)18(24-5)10-15(13)11-21(3)12-19(22)20-14(2)16-7-6-8-25-16/h6-10,14H,11-12H2,1-5H3,(H,20,22). The summed E-state index contributed by atoms with van der Waals surface area (Å²) in [6.45, 7) is 4.84. The maximum absolute atomic E-state index is 12.2. The zero-order valence-corrected chi connectivity index (χ0v) is 15.5. The van der Waals surface area contributed by atoms with Gasteiger partial charge in [0.1, 0.15) is 5.76 Å². The monoisotopic (exact) mass is 346 g/mol. The second-order valence-corrected chi connectivity index (χ2v) is 6.11. The van der Waals surface area contributed by atoms with Gasteiger partial charge in [-0.25, -0.2) is 0 Å². The van der Waals surface area contributed by atoms with Crippen molar-refractivity contribution in [1.82, 2.24) is 10.2 Å². The van der Waals surface area contributed by atoms with Crippen LogP contribution in [0.3, 0.4) is 0 Å². The molecule has 1 atom stereocenters. The van der Waals surface area contributed by atoms with E-state index in [4.69, 9.17) is 13.9 Å². The molecular formula is C19H26N2O4. The summed E-state index contributed by atoms with van der Waals surface area (Å²) < 4.78 is 16.0. The Labute approximate surface area is 148 Å². The summed E-state index contributed by atoms with van der Waals surface area (Å²) in [6.07, 6.45) is 1.60. The number of rotatable bonds is 8. The van der Waals surface area contributed by atoms with E-state index in [-0.39, 0.29) is 11.9 Å². The highest BCUT2D eigenvalue weighted by atomic mass is 16.5. The first kappa shape index (κ1) is 18.9. The van der Waals surface area contributed by atoms with Crippen molar-refractivity contribution in [3.8, 4) is 11.5 Å². The number of benzene rings is 1. The predicted molar refractivity (Wildman–Crippen MR) is 95.9 cm³/mol. The Morgan fingerprint density at radius 3 is 2.56 bits per heavy atom. The zero-order chi connectivity index (χ0) is 18.4. The third-order valence-electron chi connectivity index (χ3n) is 4.04. The van der Waals surface area contributed by atoms with E-state index in [2.05, 4.69) is 5.32 Å². The van der Waals surface area contributed by atoms with Crippen LogP contribution in [-0.2, 0) is 11.3 Å². The Kier molecular flexibility index (Phi) is 6.47. The molecule has 6 heteroatoms. The zero-order valence-electron chi connectivity index (χ0n) is 15.5. The number of furan rings is 1. The molecule has 2 aromatic rings. The minimum Gasteiger partial charge on any atom is -0.493 e. The lowest BCUT2D eigenvalue weighted by Gasteiger charge is -2.20. The molecule has 1 heterocycles. The molecule has 2 rings (SSSR count). The van der Waals surface area contributed by atoms with Gasteiger partial charge in [-0.15, -0.1) is 0 Å². The number of amides is 1. The van der Waals surface area contributed by atoms with Crippen molar-refractivity contribution >= 4 is 5.91 Å². The number of methoxy groups -OCH3 is 2. The van der Waals surface area contributed by atoms with Gasteiger partial charge < -0.3 is 19.2 Å². The molecule has 0 saturated carbocycles. The lowest BCUT2D eigenvalue weighted by molar-refractivity contribution is -0.122. The smallest absolute Gasteiger partial charge is 0.234 e. The van der Waals surface area contributed by atoms with Gasteiger partial charge in [-0.05, 0) is 56.3 Å². The number of hydrogen-bond donors (Lipinski definition) is 1. The van der Waals surface area contributed by atoms with Gasteiger partial charge in [-0.2, -0.15) is 0 Å². The molecular weight excluding hydrogens is 320 g/mol. The summed E-state index contributed by atoms with van der Waals surface area (Å²) in [4.78, 5) is 14.2. The average Bonchev–Trinajstić information content (AvgIpc) is 3.10. The van der Waals surface area contributed by atoms with E-state index in [1.54, 1.807) is 20.5 Å². The minimum atomic E-state index is -0.154. The van der Waals surface area contributed by atoms with Crippen LogP contribution in [0.1, 0.15) is 29.9 Å². The van der Waals surface area contributed by atoms with Crippen molar-refractivity contribution in [3.05, 3.63) is 47.4 Å². The fourth-order valence-corrected chi connectivity index (χ4v) is 2.68. The summed E-state index contributed by atoms with van der Waals surface area (Å²) >= 11 is 0. The molecule has 0 aliphatic heterocycles. The second-order valence-electron chi connectivity index (χ2n) is 6.11. The summed E-state index contributed by atoms with van der Waals surface area (Å²) in [5, 5.41) is 2.94. The lowest BCUT2D eigenvalue weighted by Crippen LogP contribution is -2.36. The van der Waals surface area contributed by atoms with Crippen molar-refractivity contribution in [2.75, 3.05) is 27.8 Å². The fraction of sp³-hybridized carbons (Fsp3) is 0.421. The molecule has 0 aliphatic rings. The molecule has 136 valence electrons. The summed E-state index contributed by atoms with van der Waals surface area (Å²) in [6, 6.07) is 7.40. The molecule has 0 saturated heterocycles. The SMILES string of the molecule is COc1cc(C)c(CN(C)CC(=O)NC(C)c2ccco2)cc1OC. The topological polar surface area (TPSA) is 63.9 Å². The van der Waals surface area contributed by atoms with Crippen molar-refractivity contribution in [2.45, 2.75) is 26.4 Å². The van der Waals surface area contributed by atoms with Gasteiger partial charge in [0, 0.05) is 6.54 Å². The first-order valence-corrected chi connectivity index (χ1v) is 8.17. The van der Waals surface area contributed by atoms with Crippen LogP contribution in [0, 0.1) is 6.92 Å². The molecule has 0 bridgehead atoms. The Hall–Kier alpha value is -2.47. The number of hydrogen-bond acceptors (Lipinski definition) is 5. The van der Waals surface area contributed by atoms with Crippen LogP contribution < -0.4 is 14.8 Å². The Morgan fingerprint density at radius 1 is 1.28 bits per heavy atom. The number of nitrogens with one attached hydrogen (secondary N) is 1.